The van der Waals surface area contributed by atoms with E-state index < -0.39 is 5.82 Å². The van der Waals surface area contributed by atoms with Gasteiger partial charge in [-0.25, -0.2) is 4.39 Å². The topological polar surface area (TPSA) is 44.5 Å². The predicted molar refractivity (Wildman–Crippen MR) is 71.6 cm³/mol. The van der Waals surface area contributed by atoms with E-state index in [2.05, 4.69) is 0 Å². The Bertz CT molecular complexity index is 501. The molecule has 0 atom stereocenters. The lowest BCUT2D eigenvalue weighted by Crippen LogP contribution is -2.33. The fourth-order valence-electron chi connectivity index (χ4n) is 3.14. The number of ether oxygens (including phenoxy) is 2. The quantitative estimate of drug-likeness (QED) is 0.908. The second kappa shape index (κ2) is 4.84. The zero-order valence-corrected chi connectivity index (χ0v) is 11.4. The molecule has 0 spiro atoms. The van der Waals surface area contributed by atoms with Crippen molar-refractivity contribution in [1.29, 1.82) is 0 Å². The lowest BCUT2D eigenvalue weighted by molar-refractivity contribution is 0.170. The molecule has 3 rings (SSSR count). The Morgan fingerprint density at radius 3 is 2.63 bits per heavy atom. The van der Waals surface area contributed by atoms with Gasteiger partial charge in [0.15, 0.2) is 11.5 Å². The Kier molecular flexibility index (Phi) is 3.31. The first kappa shape index (κ1) is 13.0. The van der Waals surface area contributed by atoms with Gasteiger partial charge >= 0.3 is 0 Å². The van der Waals surface area contributed by atoms with Gasteiger partial charge in [0.25, 0.3) is 0 Å². The third kappa shape index (κ3) is 1.98. The maximum atomic E-state index is 14.6. The minimum atomic E-state index is -0.404. The number of hydrogen-bond acceptors (Lipinski definition) is 3. The van der Waals surface area contributed by atoms with Gasteiger partial charge in [-0.3, -0.25) is 0 Å². The maximum Gasteiger partial charge on any atom is 0.182 e. The molecule has 0 saturated heterocycles. The number of nitrogens with two attached hydrogens (primary N) is 1. The zero-order valence-electron chi connectivity index (χ0n) is 10.7. The lowest BCUT2D eigenvalue weighted by atomic mass is 9.78. The van der Waals surface area contributed by atoms with Crippen LogP contribution in [0.25, 0.3) is 0 Å². The van der Waals surface area contributed by atoms with Gasteiger partial charge in [0, 0.05) is 17.5 Å². The van der Waals surface area contributed by atoms with Crippen molar-refractivity contribution >= 4 is 11.6 Å². The van der Waals surface area contributed by atoms with Gasteiger partial charge in [-0.1, -0.05) is 24.4 Å². The van der Waals surface area contributed by atoms with Crippen LogP contribution in [-0.4, -0.2) is 19.8 Å². The minimum Gasteiger partial charge on any atom is -0.486 e. The summed E-state index contributed by atoms with van der Waals surface area (Å²) in [5.41, 5.74) is 6.20. The van der Waals surface area contributed by atoms with Gasteiger partial charge < -0.3 is 15.2 Å². The highest BCUT2D eigenvalue weighted by molar-refractivity contribution is 6.32. The number of hydrogen-bond donors (Lipinski definition) is 1. The highest BCUT2D eigenvalue weighted by Crippen LogP contribution is 2.48. The Morgan fingerprint density at radius 2 is 1.95 bits per heavy atom. The SMILES string of the molecule is NCC1(c2cc3c(c(Cl)c2F)OCCO3)CCCC1. The normalized spacial score (nSPS) is 20.6. The average Bonchev–Trinajstić information content (AvgIpc) is 2.93. The largest absolute Gasteiger partial charge is 0.486 e. The van der Waals surface area contributed by atoms with E-state index >= 15 is 0 Å². The summed E-state index contributed by atoms with van der Waals surface area (Å²) in [5, 5.41) is 0.0203. The first-order valence-corrected chi connectivity index (χ1v) is 7.04. The summed E-state index contributed by atoms with van der Waals surface area (Å²) in [4.78, 5) is 0. The van der Waals surface area contributed by atoms with Crippen molar-refractivity contribution in [2.45, 2.75) is 31.1 Å². The summed E-state index contributed by atoms with van der Waals surface area (Å²) >= 11 is 6.09. The Morgan fingerprint density at radius 1 is 1.26 bits per heavy atom. The van der Waals surface area contributed by atoms with Crippen LogP contribution in [0.5, 0.6) is 11.5 Å². The van der Waals surface area contributed by atoms with Gasteiger partial charge in [-0.15, -0.1) is 0 Å². The monoisotopic (exact) mass is 285 g/mol. The van der Waals surface area contributed by atoms with Crippen LogP contribution in [0.4, 0.5) is 4.39 Å². The van der Waals surface area contributed by atoms with Crippen molar-refractivity contribution in [3.8, 4) is 11.5 Å². The molecule has 0 unspecified atom stereocenters. The molecule has 3 nitrogen and oxygen atoms in total. The number of fused-ring (bicyclic) bond motifs is 1. The smallest absolute Gasteiger partial charge is 0.182 e. The molecule has 1 saturated carbocycles. The third-order valence-electron chi connectivity index (χ3n) is 4.24. The maximum absolute atomic E-state index is 14.6. The van der Waals surface area contributed by atoms with Gasteiger partial charge in [-0.05, 0) is 18.9 Å². The summed E-state index contributed by atoms with van der Waals surface area (Å²) in [7, 11) is 0. The van der Waals surface area contributed by atoms with E-state index in [1.807, 2.05) is 0 Å². The van der Waals surface area contributed by atoms with Gasteiger partial charge in [0.2, 0.25) is 0 Å². The molecule has 1 aliphatic heterocycles. The van der Waals surface area contributed by atoms with Crippen molar-refractivity contribution in [2.75, 3.05) is 19.8 Å². The minimum absolute atomic E-state index is 0.0203. The second-order valence-corrected chi connectivity index (χ2v) is 5.65. The molecule has 19 heavy (non-hydrogen) atoms. The van der Waals surface area contributed by atoms with E-state index in [1.165, 1.54) is 0 Å². The molecule has 2 N–H and O–H groups in total. The number of benzene rings is 1. The van der Waals surface area contributed by atoms with Crippen LogP contribution in [0, 0.1) is 5.82 Å². The molecular weight excluding hydrogens is 269 g/mol. The van der Waals surface area contributed by atoms with E-state index in [1.54, 1.807) is 6.07 Å². The first-order chi connectivity index (χ1) is 9.18. The second-order valence-electron chi connectivity index (χ2n) is 5.27. The van der Waals surface area contributed by atoms with Crippen LogP contribution < -0.4 is 15.2 Å². The molecule has 1 heterocycles. The molecule has 0 bridgehead atoms. The Hall–Kier alpha value is -1.00. The third-order valence-corrected chi connectivity index (χ3v) is 4.58. The Balaban J connectivity index is 2.13. The summed E-state index contributed by atoms with van der Waals surface area (Å²) in [6.45, 7) is 1.29. The van der Waals surface area contributed by atoms with E-state index in [0.29, 0.717) is 36.8 Å². The zero-order chi connectivity index (χ0) is 13.5. The van der Waals surface area contributed by atoms with Gasteiger partial charge in [0.1, 0.15) is 24.1 Å². The van der Waals surface area contributed by atoms with Crippen LogP contribution >= 0.6 is 11.6 Å². The average molecular weight is 286 g/mol. The summed E-state index contributed by atoms with van der Waals surface area (Å²) < 4.78 is 25.5. The Labute approximate surface area is 116 Å². The standard InChI is InChI=1S/C14H17ClFNO2/c15-11-12(16)9(14(8-17)3-1-2-4-14)7-10-13(11)19-6-5-18-10/h7H,1-6,8,17H2. The molecule has 104 valence electrons. The van der Waals surface area contributed by atoms with Crippen LogP contribution in [0.2, 0.25) is 5.02 Å². The van der Waals surface area contributed by atoms with E-state index in [0.717, 1.165) is 25.7 Å². The lowest BCUT2D eigenvalue weighted by Gasteiger charge is -2.30. The first-order valence-electron chi connectivity index (χ1n) is 6.66. The van der Waals surface area contributed by atoms with E-state index in [9.17, 15) is 4.39 Å². The summed E-state index contributed by atoms with van der Waals surface area (Å²) in [6.07, 6.45) is 3.94. The fraction of sp³-hybridized carbons (Fsp3) is 0.571. The van der Waals surface area contributed by atoms with E-state index in [4.69, 9.17) is 26.8 Å². The molecule has 0 amide bonds. The summed E-state index contributed by atoms with van der Waals surface area (Å²) in [5.74, 6) is 0.449. The molecule has 1 aromatic rings. The molecular formula is C14H17ClFNO2. The van der Waals surface area contributed by atoms with Gasteiger partial charge in [0.05, 0.1) is 0 Å². The van der Waals surface area contributed by atoms with Crippen LogP contribution in [0.3, 0.4) is 0 Å². The number of rotatable bonds is 2. The van der Waals surface area contributed by atoms with Crippen LogP contribution in [0.1, 0.15) is 31.2 Å². The van der Waals surface area contributed by atoms with Crippen LogP contribution in [-0.2, 0) is 5.41 Å². The molecule has 1 fully saturated rings. The molecule has 0 aromatic heterocycles. The summed E-state index contributed by atoms with van der Waals surface area (Å²) in [6, 6.07) is 1.73. The van der Waals surface area contributed by atoms with Crippen molar-refractivity contribution in [3.63, 3.8) is 0 Å². The fourth-order valence-corrected chi connectivity index (χ4v) is 3.39. The predicted octanol–water partition coefficient (Wildman–Crippen LogP) is 3.02. The van der Waals surface area contributed by atoms with Crippen molar-refractivity contribution < 1.29 is 13.9 Å². The van der Waals surface area contributed by atoms with Crippen molar-refractivity contribution in [1.82, 2.24) is 0 Å². The van der Waals surface area contributed by atoms with Crippen molar-refractivity contribution in [3.05, 3.63) is 22.5 Å². The molecule has 0 radical (unpaired) electrons. The highest BCUT2D eigenvalue weighted by Gasteiger charge is 2.39. The van der Waals surface area contributed by atoms with Gasteiger partial charge in [-0.2, -0.15) is 0 Å². The molecule has 2 aliphatic rings. The number of halogens is 2. The molecule has 1 aromatic carbocycles. The molecule has 1 aliphatic carbocycles. The molecule has 5 heteroatoms. The van der Waals surface area contributed by atoms with E-state index in [-0.39, 0.29) is 10.4 Å². The van der Waals surface area contributed by atoms with Crippen molar-refractivity contribution in [2.24, 2.45) is 5.73 Å². The van der Waals surface area contributed by atoms with Crippen LogP contribution in [0.15, 0.2) is 6.07 Å². The highest BCUT2D eigenvalue weighted by atomic mass is 35.5.